The van der Waals surface area contributed by atoms with Crippen molar-refractivity contribution in [2.24, 2.45) is 5.41 Å². The van der Waals surface area contributed by atoms with E-state index in [0.29, 0.717) is 0 Å². The van der Waals surface area contributed by atoms with E-state index in [1.165, 1.54) is 11.1 Å². The molecule has 0 fully saturated rings. The molecule has 1 unspecified atom stereocenters. The Kier molecular flexibility index (Phi) is 5.14. The van der Waals surface area contributed by atoms with Gasteiger partial charge in [-0.05, 0) is 36.6 Å². The van der Waals surface area contributed by atoms with E-state index in [-0.39, 0.29) is 18.1 Å². The van der Waals surface area contributed by atoms with E-state index in [1.807, 2.05) is 6.07 Å². The molecule has 0 saturated carbocycles. The molecule has 1 rings (SSSR count). The predicted molar refractivity (Wildman–Crippen MR) is 79.3 cm³/mol. The van der Waals surface area contributed by atoms with Gasteiger partial charge < -0.3 is 9.53 Å². The Labute approximate surface area is 113 Å². The molecule has 1 atom stereocenters. The summed E-state index contributed by atoms with van der Waals surface area (Å²) in [5, 5.41) is 9.32. The van der Waals surface area contributed by atoms with Crippen LogP contribution in [0.2, 0.25) is 13.1 Å². The summed E-state index contributed by atoms with van der Waals surface area (Å²) < 4.78 is 6.21. The molecule has 0 spiro atoms. The van der Waals surface area contributed by atoms with Crippen LogP contribution in [-0.4, -0.2) is 14.1 Å². The summed E-state index contributed by atoms with van der Waals surface area (Å²) in [5.74, 6) is 0. The fourth-order valence-corrected chi connectivity index (χ4v) is 3.30. The van der Waals surface area contributed by atoms with Gasteiger partial charge in [0.2, 0.25) is 0 Å². The molecule has 0 aliphatic heterocycles. The van der Waals surface area contributed by atoms with E-state index < -0.39 is 9.04 Å². The van der Waals surface area contributed by atoms with Crippen LogP contribution in [0.5, 0.6) is 0 Å². The van der Waals surface area contributed by atoms with Crippen LogP contribution in [0.4, 0.5) is 0 Å². The Morgan fingerprint density at radius 2 is 1.83 bits per heavy atom. The number of hydrogen-bond acceptors (Lipinski definition) is 2. The zero-order valence-electron chi connectivity index (χ0n) is 12.4. The van der Waals surface area contributed by atoms with Gasteiger partial charge in [0.25, 0.3) is 0 Å². The number of aryl methyl sites for hydroxylation is 1. The number of hydrogen-bond donors (Lipinski definition) is 1. The summed E-state index contributed by atoms with van der Waals surface area (Å²) in [4.78, 5) is 0. The highest BCUT2D eigenvalue weighted by molar-refractivity contribution is 6.48. The molecule has 18 heavy (non-hydrogen) atoms. The minimum absolute atomic E-state index is 0.0673. The first kappa shape index (κ1) is 15.4. The van der Waals surface area contributed by atoms with Gasteiger partial charge in [-0.25, -0.2) is 0 Å². The van der Waals surface area contributed by atoms with Crippen LogP contribution >= 0.6 is 0 Å². The van der Waals surface area contributed by atoms with Crippen molar-refractivity contribution in [1.29, 1.82) is 0 Å². The molecule has 0 saturated heterocycles. The van der Waals surface area contributed by atoms with Crippen molar-refractivity contribution >= 4 is 9.04 Å². The lowest BCUT2D eigenvalue weighted by atomic mass is 9.84. The van der Waals surface area contributed by atoms with Gasteiger partial charge >= 0.3 is 0 Å². The lowest BCUT2D eigenvalue weighted by molar-refractivity contribution is 0.0864. The highest BCUT2D eigenvalue weighted by Crippen LogP contribution is 2.37. The number of aliphatic hydroxyl groups excluding tert-OH is 1. The van der Waals surface area contributed by atoms with E-state index in [2.05, 4.69) is 52.9 Å². The highest BCUT2D eigenvalue weighted by atomic mass is 28.3. The van der Waals surface area contributed by atoms with Crippen molar-refractivity contribution in [3.8, 4) is 0 Å². The van der Waals surface area contributed by atoms with Crippen molar-refractivity contribution in [3.05, 3.63) is 34.9 Å². The second kappa shape index (κ2) is 6.00. The Bertz CT molecular complexity index is 394. The van der Waals surface area contributed by atoms with Gasteiger partial charge in [0.05, 0.1) is 12.7 Å². The molecular weight excluding hydrogens is 240 g/mol. The third-order valence-corrected chi connectivity index (χ3v) is 3.66. The molecule has 0 bridgehead atoms. The Hall–Kier alpha value is -0.643. The Morgan fingerprint density at radius 1 is 1.22 bits per heavy atom. The van der Waals surface area contributed by atoms with Crippen LogP contribution in [0, 0.1) is 12.3 Å². The molecule has 1 aromatic rings. The third-order valence-electron chi connectivity index (χ3n) is 2.84. The number of benzene rings is 1. The van der Waals surface area contributed by atoms with Gasteiger partial charge in [-0.15, -0.1) is 0 Å². The average Bonchev–Trinajstić information content (AvgIpc) is 2.23. The molecule has 0 heterocycles. The van der Waals surface area contributed by atoms with Crippen molar-refractivity contribution in [1.82, 2.24) is 0 Å². The first-order valence-corrected chi connectivity index (χ1v) is 9.39. The van der Waals surface area contributed by atoms with Crippen LogP contribution in [0.25, 0.3) is 0 Å². The normalized spacial score (nSPS) is 14.0. The lowest BCUT2D eigenvalue weighted by Gasteiger charge is -2.33. The van der Waals surface area contributed by atoms with Crippen molar-refractivity contribution in [2.75, 3.05) is 0 Å². The lowest BCUT2D eigenvalue weighted by Crippen LogP contribution is -2.26. The molecule has 2 nitrogen and oxygen atoms in total. The molecule has 102 valence electrons. The second-order valence-corrected chi connectivity index (χ2v) is 8.71. The Balaban J connectivity index is 3.16. The van der Waals surface area contributed by atoms with E-state index in [0.717, 1.165) is 5.56 Å². The van der Waals surface area contributed by atoms with Gasteiger partial charge in [0, 0.05) is 0 Å². The zero-order valence-corrected chi connectivity index (χ0v) is 13.6. The fourth-order valence-electron chi connectivity index (χ4n) is 2.19. The monoisotopic (exact) mass is 266 g/mol. The predicted octanol–water partition coefficient (Wildman–Crippen LogP) is 3.57. The maximum atomic E-state index is 9.32. The quantitative estimate of drug-likeness (QED) is 0.844. The van der Waals surface area contributed by atoms with E-state index in [4.69, 9.17) is 4.43 Å². The number of aliphatic hydroxyl groups is 1. The van der Waals surface area contributed by atoms with E-state index in [9.17, 15) is 5.11 Å². The SMILES string of the molecule is Cc1cc(CO)cc(C(O[SiH](C)C)C(C)(C)C)c1. The first-order valence-electron chi connectivity index (χ1n) is 6.61. The van der Waals surface area contributed by atoms with Crippen LogP contribution < -0.4 is 0 Å². The smallest absolute Gasteiger partial charge is 0.171 e. The fraction of sp³-hybridized carbons (Fsp3) is 0.600. The molecule has 0 amide bonds. The maximum absolute atomic E-state index is 9.32. The summed E-state index contributed by atoms with van der Waals surface area (Å²) in [7, 11) is -1.10. The molecule has 0 radical (unpaired) electrons. The average molecular weight is 266 g/mol. The largest absolute Gasteiger partial charge is 0.413 e. The summed E-state index contributed by atoms with van der Waals surface area (Å²) >= 11 is 0. The molecule has 1 N–H and O–H groups in total. The van der Waals surface area contributed by atoms with Gasteiger partial charge in [0.15, 0.2) is 9.04 Å². The standard InChI is InChI=1S/C15H26O2Si/c1-11-7-12(10-16)9-13(8-11)14(15(2,3)4)17-18(5)6/h7-9,14,16,18H,10H2,1-6H3. The van der Waals surface area contributed by atoms with Crippen molar-refractivity contribution < 1.29 is 9.53 Å². The second-order valence-electron chi connectivity index (χ2n) is 6.34. The van der Waals surface area contributed by atoms with Crippen LogP contribution in [0.1, 0.15) is 43.6 Å². The molecule has 3 heteroatoms. The van der Waals surface area contributed by atoms with Gasteiger partial charge in [-0.2, -0.15) is 0 Å². The zero-order chi connectivity index (χ0) is 13.9. The van der Waals surface area contributed by atoms with Crippen molar-refractivity contribution in [3.63, 3.8) is 0 Å². The van der Waals surface area contributed by atoms with Crippen LogP contribution in [0.15, 0.2) is 18.2 Å². The van der Waals surface area contributed by atoms with Gasteiger partial charge in [0.1, 0.15) is 0 Å². The van der Waals surface area contributed by atoms with Gasteiger partial charge in [-0.1, -0.05) is 44.5 Å². The maximum Gasteiger partial charge on any atom is 0.171 e. The topological polar surface area (TPSA) is 29.5 Å². The summed E-state index contributed by atoms with van der Waals surface area (Å²) in [5.41, 5.74) is 3.40. The Morgan fingerprint density at radius 3 is 2.28 bits per heavy atom. The molecule has 1 aromatic carbocycles. The van der Waals surface area contributed by atoms with E-state index >= 15 is 0 Å². The minimum Gasteiger partial charge on any atom is -0.413 e. The first-order chi connectivity index (χ1) is 8.24. The molecule has 0 aliphatic carbocycles. The molecule has 0 aliphatic rings. The number of rotatable bonds is 4. The van der Waals surface area contributed by atoms with Gasteiger partial charge in [-0.3, -0.25) is 0 Å². The van der Waals surface area contributed by atoms with Crippen LogP contribution in [0.3, 0.4) is 0 Å². The van der Waals surface area contributed by atoms with Crippen LogP contribution in [-0.2, 0) is 11.0 Å². The van der Waals surface area contributed by atoms with E-state index in [1.54, 1.807) is 0 Å². The van der Waals surface area contributed by atoms with Crippen molar-refractivity contribution in [2.45, 2.75) is 53.5 Å². The third kappa shape index (κ3) is 4.23. The summed E-state index contributed by atoms with van der Waals surface area (Å²) in [6.45, 7) is 13.2. The summed E-state index contributed by atoms with van der Waals surface area (Å²) in [6.07, 6.45) is 0.106. The molecular formula is C15H26O2Si. The highest BCUT2D eigenvalue weighted by Gasteiger charge is 2.28. The summed E-state index contributed by atoms with van der Waals surface area (Å²) in [6, 6.07) is 6.27. The minimum atomic E-state index is -1.10. The molecule has 0 aromatic heterocycles.